The number of para-hydroxylation sites is 1. The number of nitrogens with zero attached hydrogens (tertiary/aromatic N) is 2. The second kappa shape index (κ2) is 11.3. The summed E-state index contributed by atoms with van der Waals surface area (Å²) in [7, 11) is 0. The van der Waals surface area contributed by atoms with Crippen LogP contribution in [-0.2, 0) is 9.59 Å². The predicted octanol–water partition coefficient (Wildman–Crippen LogP) is 3.40. The van der Waals surface area contributed by atoms with Gasteiger partial charge in [0.15, 0.2) is 0 Å². The van der Waals surface area contributed by atoms with Crippen LogP contribution in [0, 0.1) is 5.92 Å². The van der Waals surface area contributed by atoms with E-state index in [9.17, 15) is 14.4 Å². The molecule has 2 aromatic rings. The topological polar surface area (TPSA) is 125 Å². The molecule has 3 unspecified atom stereocenters. The van der Waals surface area contributed by atoms with E-state index in [1.165, 1.54) is 17.8 Å². The van der Waals surface area contributed by atoms with Crippen LogP contribution in [-0.4, -0.2) is 52.9 Å². The first-order valence-electron chi connectivity index (χ1n) is 13.7. The number of carbonyl (C=O) groups is 3. The third kappa shape index (κ3) is 5.31. The third-order valence-electron chi connectivity index (χ3n) is 7.84. The summed E-state index contributed by atoms with van der Waals surface area (Å²) in [6, 6.07) is 12.6. The lowest BCUT2D eigenvalue weighted by Gasteiger charge is -2.45. The van der Waals surface area contributed by atoms with Gasteiger partial charge in [-0.1, -0.05) is 36.5 Å². The molecule has 4 amide bonds. The predicted molar refractivity (Wildman–Crippen MR) is 153 cm³/mol. The van der Waals surface area contributed by atoms with Crippen LogP contribution in [0.3, 0.4) is 0 Å². The molecule has 10 nitrogen and oxygen atoms in total. The Balaban J connectivity index is 1.17. The van der Waals surface area contributed by atoms with Gasteiger partial charge >= 0.3 is 6.03 Å². The lowest BCUT2D eigenvalue weighted by atomic mass is 9.86. The molecule has 4 heterocycles. The zero-order valence-corrected chi connectivity index (χ0v) is 22.8. The molecule has 0 spiro atoms. The van der Waals surface area contributed by atoms with Gasteiger partial charge in [-0.05, 0) is 69.0 Å². The van der Waals surface area contributed by atoms with Gasteiger partial charge in [0, 0.05) is 23.7 Å². The van der Waals surface area contributed by atoms with E-state index in [0.29, 0.717) is 34.3 Å². The molecule has 0 bridgehead atoms. The largest absolute Gasteiger partial charge is 0.456 e. The zero-order chi connectivity index (χ0) is 27.6. The van der Waals surface area contributed by atoms with E-state index < -0.39 is 0 Å². The molecule has 6 rings (SSSR count). The molecule has 1 aromatic heterocycles. The third-order valence-corrected chi connectivity index (χ3v) is 9.19. The van der Waals surface area contributed by atoms with Crippen LogP contribution in [0.25, 0.3) is 0 Å². The summed E-state index contributed by atoms with van der Waals surface area (Å²) in [5.74, 6) is 1.40. The standard InChI is InChI=1S/C29H32N6O4S/c1-2-23(36)32-17-7-6-8-18(15-17)33-27(37)26-25-24-21(13-14-30-28(24)40-26)35(29(38)34-25)22-12-11-20(16-31-22)39-19-9-4-3-5-10-19/h2-5,9-12,16-18,21,24,28,30H,1,6-8,13-15H2,(H,32,36)(H,33,37)(H,34,38)/t17-,18-,21?,24?,28?/m0/s1. The Hall–Kier alpha value is -3.83. The Kier molecular flexibility index (Phi) is 7.48. The summed E-state index contributed by atoms with van der Waals surface area (Å²) in [4.78, 5) is 45.5. The van der Waals surface area contributed by atoms with Gasteiger partial charge in [0.2, 0.25) is 5.91 Å². The minimum atomic E-state index is -0.293. The molecule has 3 aliphatic heterocycles. The van der Waals surface area contributed by atoms with E-state index in [4.69, 9.17) is 4.74 Å². The van der Waals surface area contributed by atoms with Gasteiger partial charge in [0.1, 0.15) is 17.3 Å². The number of hydrogen-bond acceptors (Lipinski definition) is 7. The fraction of sp³-hybridized carbons (Fsp3) is 0.379. The van der Waals surface area contributed by atoms with Crippen LogP contribution in [0.5, 0.6) is 11.5 Å². The maximum absolute atomic E-state index is 13.5. The first-order valence-corrected chi connectivity index (χ1v) is 14.6. The maximum Gasteiger partial charge on any atom is 0.327 e. The van der Waals surface area contributed by atoms with Gasteiger partial charge in [-0.15, -0.1) is 0 Å². The van der Waals surface area contributed by atoms with Gasteiger partial charge in [0.05, 0.1) is 22.5 Å². The van der Waals surface area contributed by atoms with E-state index in [0.717, 1.165) is 32.2 Å². The van der Waals surface area contributed by atoms with Crippen molar-refractivity contribution in [1.82, 2.24) is 26.3 Å². The number of carbonyl (C=O) groups excluding carboxylic acids is 3. The molecule has 208 valence electrons. The number of urea groups is 1. The van der Waals surface area contributed by atoms with Gasteiger partial charge in [0.25, 0.3) is 5.91 Å². The van der Waals surface area contributed by atoms with Crippen molar-refractivity contribution in [3.8, 4) is 11.5 Å². The number of benzene rings is 1. The van der Waals surface area contributed by atoms with Crippen LogP contribution in [0.1, 0.15) is 32.1 Å². The summed E-state index contributed by atoms with van der Waals surface area (Å²) in [5.41, 5.74) is 0.683. The molecule has 11 heteroatoms. The van der Waals surface area contributed by atoms with Crippen molar-refractivity contribution in [3.63, 3.8) is 0 Å². The lowest BCUT2D eigenvalue weighted by Crippen LogP contribution is -2.62. The maximum atomic E-state index is 13.5. The van der Waals surface area contributed by atoms with Crippen LogP contribution in [0.4, 0.5) is 10.6 Å². The van der Waals surface area contributed by atoms with Gasteiger partial charge < -0.3 is 26.0 Å². The van der Waals surface area contributed by atoms with E-state index in [-0.39, 0.29) is 47.3 Å². The average molecular weight is 561 g/mol. The molecule has 4 aliphatic rings. The number of aromatic nitrogens is 1. The number of ether oxygens (including phenoxy) is 1. The number of piperidine rings is 1. The fourth-order valence-electron chi connectivity index (χ4n) is 6.05. The minimum Gasteiger partial charge on any atom is -0.456 e. The number of hydrogen-bond donors (Lipinski definition) is 4. The number of anilines is 1. The van der Waals surface area contributed by atoms with Crippen LogP contribution in [0.15, 0.2) is 71.9 Å². The Morgan fingerprint density at radius 2 is 1.88 bits per heavy atom. The highest BCUT2D eigenvalue weighted by Gasteiger charge is 2.52. The Morgan fingerprint density at radius 1 is 1.07 bits per heavy atom. The summed E-state index contributed by atoms with van der Waals surface area (Å²) < 4.78 is 5.86. The summed E-state index contributed by atoms with van der Waals surface area (Å²) in [6.45, 7) is 4.25. The summed E-state index contributed by atoms with van der Waals surface area (Å²) in [6.07, 6.45) is 6.94. The van der Waals surface area contributed by atoms with Crippen LogP contribution >= 0.6 is 11.8 Å². The van der Waals surface area contributed by atoms with Crippen LogP contribution in [0.2, 0.25) is 0 Å². The van der Waals surface area contributed by atoms with Crippen LogP contribution < -0.4 is 30.9 Å². The highest BCUT2D eigenvalue weighted by molar-refractivity contribution is 8.04. The smallest absolute Gasteiger partial charge is 0.327 e. The molecule has 4 N–H and O–H groups in total. The van der Waals surface area contributed by atoms with E-state index in [2.05, 4.69) is 32.8 Å². The molecule has 1 aromatic carbocycles. The highest BCUT2D eigenvalue weighted by Crippen LogP contribution is 2.47. The lowest BCUT2D eigenvalue weighted by molar-refractivity contribution is -0.117. The summed E-state index contributed by atoms with van der Waals surface area (Å²) in [5, 5.41) is 12.6. The van der Waals surface area contributed by atoms with Crippen molar-refractivity contribution in [2.24, 2.45) is 5.92 Å². The molecule has 1 saturated carbocycles. The fourth-order valence-corrected chi connectivity index (χ4v) is 7.45. The second-order valence-electron chi connectivity index (χ2n) is 10.4. The Morgan fingerprint density at radius 3 is 2.62 bits per heavy atom. The normalized spacial score (nSPS) is 27.4. The van der Waals surface area contributed by atoms with Crippen molar-refractivity contribution in [1.29, 1.82) is 0 Å². The monoisotopic (exact) mass is 560 g/mol. The number of nitrogens with one attached hydrogen (secondary N) is 4. The molecular formula is C29H32N6O4S. The number of rotatable bonds is 7. The second-order valence-corrected chi connectivity index (χ2v) is 11.6. The number of pyridine rings is 1. The SMILES string of the molecule is C=CC(=O)N[C@H]1CCC[C@H](NC(=O)C2=C3NC(=O)N(c4ccc(Oc5ccccc5)cn4)C4CCNC(S2)C34)C1. The highest BCUT2D eigenvalue weighted by atomic mass is 32.2. The quantitative estimate of drug-likeness (QED) is 0.383. The number of thioether (sulfide) groups is 1. The van der Waals surface area contributed by atoms with Crippen molar-refractivity contribution in [2.45, 2.75) is 55.6 Å². The average Bonchev–Trinajstić information content (AvgIpc) is 3.34. The van der Waals surface area contributed by atoms with Crippen molar-refractivity contribution in [2.75, 3.05) is 11.4 Å². The van der Waals surface area contributed by atoms with E-state index in [1.54, 1.807) is 17.2 Å². The molecule has 0 radical (unpaired) electrons. The van der Waals surface area contributed by atoms with Gasteiger partial charge in [-0.2, -0.15) is 0 Å². The molecule has 1 aliphatic carbocycles. The molecule has 40 heavy (non-hydrogen) atoms. The van der Waals surface area contributed by atoms with E-state index >= 15 is 0 Å². The molecule has 5 atom stereocenters. The molecule has 2 saturated heterocycles. The van der Waals surface area contributed by atoms with Gasteiger partial charge in [-0.25, -0.2) is 9.78 Å². The minimum absolute atomic E-state index is 0.00647. The van der Waals surface area contributed by atoms with Crippen molar-refractivity contribution in [3.05, 3.63) is 71.9 Å². The first kappa shape index (κ1) is 26.4. The Labute approximate surface area is 237 Å². The van der Waals surface area contributed by atoms with E-state index in [1.807, 2.05) is 36.4 Å². The zero-order valence-electron chi connectivity index (χ0n) is 22.0. The van der Waals surface area contributed by atoms with Crippen molar-refractivity contribution < 1.29 is 19.1 Å². The molecular weight excluding hydrogens is 528 g/mol. The number of amides is 4. The summed E-state index contributed by atoms with van der Waals surface area (Å²) >= 11 is 1.48. The van der Waals surface area contributed by atoms with Crippen molar-refractivity contribution >= 4 is 35.4 Å². The Bertz CT molecular complexity index is 1330. The molecule has 3 fully saturated rings. The first-order chi connectivity index (χ1) is 19.5. The van der Waals surface area contributed by atoms with Gasteiger partial charge in [-0.3, -0.25) is 14.5 Å².